The van der Waals surface area contributed by atoms with Crippen molar-refractivity contribution >= 4 is 0 Å². The van der Waals surface area contributed by atoms with Crippen molar-refractivity contribution in [2.75, 3.05) is 14.2 Å². The van der Waals surface area contributed by atoms with Crippen LogP contribution in [0.2, 0.25) is 0 Å². The first-order valence-corrected chi connectivity index (χ1v) is 10.2. The van der Waals surface area contributed by atoms with Crippen molar-refractivity contribution in [1.82, 2.24) is 9.78 Å². The van der Waals surface area contributed by atoms with Crippen molar-refractivity contribution in [3.05, 3.63) is 65.6 Å². The second kappa shape index (κ2) is 8.20. The van der Waals surface area contributed by atoms with Crippen molar-refractivity contribution in [3.63, 3.8) is 0 Å². The summed E-state index contributed by atoms with van der Waals surface area (Å²) in [5.41, 5.74) is 2.42. The Hall–Kier alpha value is -2.70. The molecule has 0 amide bonds. The molecule has 3 aromatic rings. The molecule has 0 atom stereocenters. The molecule has 1 N–H and O–H groups in total. The van der Waals surface area contributed by atoms with E-state index in [1.807, 2.05) is 36.4 Å². The van der Waals surface area contributed by atoms with Gasteiger partial charge in [-0.2, -0.15) is 5.10 Å². The molecule has 1 heterocycles. The molecule has 2 aromatic carbocycles. The molecular weight excluding hydrogens is 383 g/mol. The zero-order valence-electron chi connectivity index (χ0n) is 17.6. The summed E-state index contributed by atoms with van der Waals surface area (Å²) in [4.78, 5) is 0. The van der Waals surface area contributed by atoms with Gasteiger partial charge in [0.25, 0.3) is 0 Å². The Morgan fingerprint density at radius 2 is 1.77 bits per heavy atom. The average molecular weight is 410 g/mol. The van der Waals surface area contributed by atoms with Crippen LogP contribution in [-0.2, 0) is 10.3 Å². The number of aliphatic hydroxyl groups is 1. The van der Waals surface area contributed by atoms with Crippen LogP contribution in [0.1, 0.15) is 36.9 Å². The lowest BCUT2D eigenvalue weighted by atomic mass is 9.81. The van der Waals surface area contributed by atoms with Crippen LogP contribution >= 0.6 is 0 Å². The van der Waals surface area contributed by atoms with Crippen LogP contribution < -0.4 is 4.74 Å². The summed E-state index contributed by atoms with van der Waals surface area (Å²) in [5.74, 6) is 0.474. The summed E-state index contributed by atoms with van der Waals surface area (Å²) in [6, 6.07) is 14.5. The molecule has 6 heteroatoms. The van der Waals surface area contributed by atoms with Crippen molar-refractivity contribution < 1.29 is 19.0 Å². The predicted molar refractivity (Wildman–Crippen MR) is 113 cm³/mol. The molecule has 0 radical (unpaired) electrons. The van der Waals surface area contributed by atoms with Crippen molar-refractivity contribution in [2.45, 2.75) is 44.3 Å². The van der Waals surface area contributed by atoms with Gasteiger partial charge in [0, 0.05) is 12.7 Å². The van der Waals surface area contributed by atoms with Crippen LogP contribution in [0, 0.1) is 12.7 Å². The fourth-order valence-electron chi connectivity index (χ4n) is 4.05. The summed E-state index contributed by atoms with van der Waals surface area (Å²) in [5, 5.41) is 16.1. The SMILES string of the molecule is COc1ccc(-n2nc(C3(O)CCC(OC)CC3)cc2-c2ccc(C)c(F)c2)cc1. The lowest BCUT2D eigenvalue weighted by molar-refractivity contribution is -0.0502. The van der Waals surface area contributed by atoms with Crippen molar-refractivity contribution in [3.8, 4) is 22.7 Å². The summed E-state index contributed by atoms with van der Waals surface area (Å²) in [7, 11) is 3.32. The minimum absolute atomic E-state index is 0.166. The van der Waals surface area contributed by atoms with Crippen LogP contribution in [0.15, 0.2) is 48.5 Å². The molecular formula is C24H27FN2O3. The van der Waals surface area contributed by atoms with Gasteiger partial charge in [-0.1, -0.05) is 12.1 Å². The van der Waals surface area contributed by atoms with E-state index in [0.29, 0.717) is 29.7 Å². The second-order valence-corrected chi connectivity index (χ2v) is 7.96. The summed E-state index contributed by atoms with van der Waals surface area (Å²) in [6.45, 7) is 1.74. The molecule has 1 aliphatic carbocycles. The first-order chi connectivity index (χ1) is 14.4. The number of halogens is 1. The minimum atomic E-state index is -1.02. The third kappa shape index (κ3) is 3.85. The molecule has 158 valence electrons. The molecule has 1 aliphatic rings. The molecule has 0 spiro atoms. The minimum Gasteiger partial charge on any atom is -0.497 e. The van der Waals surface area contributed by atoms with Gasteiger partial charge in [-0.3, -0.25) is 0 Å². The molecule has 0 aliphatic heterocycles. The topological polar surface area (TPSA) is 56.5 Å². The highest BCUT2D eigenvalue weighted by molar-refractivity contribution is 5.64. The van der Waals surface area contributed by atoms with Gasteiger partial charge in [-0.15, -0.1) is 0 Å². The van der Waals surface area contributed by atoms with Crippen LogP contribution in [-0.4, -0.2) is 35.2 Å². The third-order valence-electron chi connectivity index (χ3n) is 6.06. The second-order valence-electron chi connectivity index (χ2n) is 7.96. The molecule has 4 rings (SSSR count). The van der Waals surface area contributed by atoms with Crippen LogP contribution in [0.5, 0.6) is 5.75 Å². The van der Waals surface area contributed by atoms with E-state index in [2.05, 4.69) is 0 Å². The molecule has 1 saturated carbocycles. The number of benzene rings is 2. The average Bonchev–Trinajstić information content (AvgIpc) is 3.23. The zero-order chi connectivity index (χ0) is 21.3. The number of ether oxygens (including phenoxy) is 2. The number of hydrogen-bond acceptors (Lipinski definition) is 4. The van der Waals surface area contributed by atoms with Crippen LogP contribution in [0.4, 0.5) is 4.39 Å². The maximum absolute atomic E-state index is 14.3. The van der Waals surface area contributed by atoms with Gasteiger partial charge in [-0.05, 0) is 74.6 Å². The first kappa shape index (κ1) is 20.6. The Morgan fingerprint density at radius 3 is 2.37 bits per heavy atom. The highest BCUT2D eigenvalue weighted by atomic mass is 19.1. The maximum Gasteiger partial charge on any atom is 0.126 e. The molecule has 0 unspecified atom stereocenters. The fourth-order valence-corrected chi connectivity index (χ4v) is 4.05. The first-order valence-electron chi connectivity index (χ1n) is 10.2. The van der Waals surface area contributed by atoms with Crippen LogP contribution in [0.3, 0.4) is 0 Å². The van der Waals surface area contributed by atoms with Gasteiger partial charge in [0.2, 0.25) is 0 Å². The Morgan fingerprint density at radius 1 is 1.07 bits per heavy atom. The zero-order valence-corrected chi connectivity index (χ0v) is 17.6. The lowest BCUT2D eigenvalue weighted by Crippen LogP contribution is -2.34. The third-order valence-corrected chi connectivity index (χ3v) is 6.06. The van der Waals surface area contributed by atoms with E-state index in [1.54, 1.807) is 31.9 Å². The fraction of sp³-hybridized carbons (Fsp3) is 0.375. The molecule has 0 saturated heterocycles. The van der Waals surface area contributed by atoms with Gasteiger partial charge < -0.3 is 14.6 Å². The number of hydrogen-bond donors (Lipinski definition) is 1. The van der Waals surface area contributed by atoms with Gasteiger partial charge in [0.15, 0.2) is 0 Å². The monoisotopic (exact) mass is 410 g/mol. The van der Waals surface area contributed by atoms with Gasteiger partial charge >= 0.3 is 0 Å². The summed E-state index contributed by atoms with van der Waals surface area (Å²) in [6.07, 6.45) is 2.87. The van der Waals surface area contributed by atoms with E-state index >= 15 is 0 Å². The number of aryl methyl sites for hydroxylation is 1. The smallest absolute Gasteiger partial charge is 0.126 e. The predicted octanol–water partition coefficient (Wildman–Crippen LogP) is 4.77. The maximum atomic E-state index is 14.3. The van der Waals surface area contributed by atoms with E-state index in [-0.39, 0.29) is 11.9 Å². The standard InChI is InChI=1S/C24H27FN2O3/c1-16-4-5-17(14-21(16)25)22-15-23(24(28)12-10-20(30-3)11-13-24)26-27(22)18-6-8-19(29-2)9-7-18/h4-9,14-15,20,28H,10-13H2,1-3H3. The van der Waals surface area contributed by atoms with E-state index in [9.17, 15) is 9.50 Å². The normalized spacial score (nSPS) is 21.6. The van der Waals surface area contributed by atoms with Gasteiger partial charge in [0.1, 0.15) is 17.2 Å². The van der Waals surface area contributed by atoms with E-state index in [4.69, 9.17) is 14.6 Å². The van der Waals surface area contributed by atoms with Crippen molar-refractivity contribution in [2.24, 2.45) is 0 Å². The van der Waals surface area contributed by atoms with E-state index in [1.165, 1.54) is 6.07 Å². The Labute approximate surface area is 176 Å². The van der Waals surface area contributed by atoms with Crippen molar-refractivity contribution in [1.29, 1.82) is 0 Å². The molecule has 5 nitrogen and oxygen atoms in total. The quantitative estimate of drug-likeness (QED) is 0.658. The molecule has 1 fully saturated rings. The van der Waals surface area contributed by atoms with Gasteiger partial charge in [0.05, 0.1) is 30.3 Å². The molecule has 30 heavy (non-hydrogen) atoms. The van der Waals surface area contributed by atoms with E-state index in [0.717, 1.165) is 30.0 Å². The lowest BCUT2D eigenvalue weighted by Gasteiger charge is -2.34. The highest BCUT2D eigenvalue weighted by Gasteiger charge is 2.37. The Balaban J connectivity index is 1.79. The number of nitrogens with zero attached hydrogens (tertiary/aromatic N) is 2. The number of methoxy groups -OCH3 is 2. The summed E-state index contributed by atoms with van der Waals surface area (Å²) >= 11 is 0. The summed E-state index contributed by atoms with van der Waals surface area (Å²) < 4.78 is 26.8. The molecule has 1 aromatic heterocycles. The van der Waals surface area contributed by atoms with E-state index < -0.39 is 5.60 Å². The van der Waals surface area contributed by atoms with Gasteiger partial charge in [-0.25, -0.2) is 9.07 Å². The highest BCUT2D eigenvalue weighted by Crippen LogP contribution is 2.39. The Bertz CT molecular complexity index is 1020. The number of aromatic nitrogens is 2. The largest absolute Gasteiger partial charge is 0.497 e. The van der Waals surface area contributed by atoms with Crippen LogP contribution in [0.25, 0.3) is 16.9 Å². The number of rotatable bonds is 5. The molecule has 0 bridgehead atoms. The Kier molecular flexibility index (Phi) is 5.62.